The van der Waals surface area contributed by atoms with Gasteiger partial charge in [0.25, 0.3) is 0 Å². The highest BCUT2D eigenvalue weighted by Gasteiger charge is 2.39. The second-order valence-electron chi connectivity index (χ2n) is 7.99. The van der Waals surface area contributed by atoms with Crippen LogP contribution in [0.15, 0.2) is 11.4 Å². The Morgan fingerprint density at radius 1 is 1.00 bits per heavy atom. The van der Waals surface area contributed by atoms with Crippen LogP contribution in [0, 0.1) is 5.92 Å². The Labute approximate surface area is 206 Å². The average Bonchev–Trinajstić information content (AvgIpc) is 3.18. The molecule has 2 saturated heterocycles. The molecule has 1 atom stereocenters. The van der Waals surface area contributed by atoms with Gasteiger partial charge in [0.05, 0.1) is 5.02 Å². The standard InChI is InChI=1S/C16H25ClN2OS.2C2HF3O2/c17-15-5-9-21-16(15)11-18-7-3-14(4-8-18)19-6-1-2-13(10-19)12-20;2*3-2(4,5)1(6)7/h5,9,13-14,20H,1-4,6-8,10-12H2;2*(H,6,7). The minimum absolute atomic E-state index is 0.353. The number of aliphatic hydroxyl groups is 1. The van der Waals surface area contributed by atoms with Crippen LogP contribution in [0.3, 0.4) is 0 Å². The largest absolute Gasteiger partial charge is 0.490 e. The van der Waals surface area contributed by atoms with Gasteiger partial charge >= 0.3 is 24.3 Å². The number of nitrogens with zero attached hydrogens (tertiary/aromatic N) is 2. The molecule has 7 nitrogen and oxygen atoms in total. The summed E-state index contributed by atoms with van der Waals surface area (Å²) < 4.78 is 63.5. The summed E-state index contributed by atoms with van der Waals surface area (Å²) in [6.07, 6.45) is -5.22. The Balaban J connectivity index is 0.000000362. The van der Waals surface area contributed by atoms with Crippen molar-refractivity contribution < 1.29 is 51.3 Å². The molecular weight excluding hydrogens is 530 g/mol. The molecule has 0 aliphatic carbocycles. The summed E-state index contributed by atoms with van der Waals surface area (Å²) in [6, 6.07) is 2.71. The van der Waals surface area contributed by atoms with Gasteiger partial charge in [0, 0.05) is 43.7 Å². The number of piperidine rings is 2. The number of aliphatic hydroxyl groups excluding tert-OH is 1. The summed E-state index contributed by atoms with van der Waals surface area (Å²) >= 11 is 7.96. The Bertz CT molecular complexity index is 776. The van der Waals surface area contributed by atoms with Crippen LogP contribution in [0.4, 0.5) is 26.3 Å². The second-order valence-corrected chi connectivity index (χ2v) is 9.40. The van der Waals surface area contributed by atoms with Crippen molar-refractivity contribution >= 4 is 34.9 Å². The second kappa shape index (κ2) is 14.2. The number of rotatable bonds is 4. The van der Waals surface area contributed by atoms with Crippen molar-refractivity contribution in [3.8, 4) is 0 Å². The van der Waals surface area contributed by atoms with E-state index in [0.29, 0.717) is 12.5 Å². The third-order valence-electron chi connectivity index (χ3n) is 5.43. The van der Waals surface area contributed by atoms with Crippen molar-refractivity contribution in [2.45, 2.75) is 50.6 Å². The lowest BCUT2D eigenvalue weighted by Crippen LogP contribution is -2.48. The normalized spacial score (nSPS) is 20.3. The number of likely N-dealkylation sites (tertiary alicyclic amines) is 2. The molecule has 3 rings (SSSR count). The molecule has 0 saturated carbocycles. The van der Waals surface area contributed by atoms with Crippen LogP contribution in [-0.2, 0) is 16.1 Å². The summed E-state index contributed by atoms with van der Waals surface area (Å²) in [5.74, 6) is -5.01. The molecule has 0 spiro atoms. The molecule has 2 aliphatic rings. The Morgan fingerprint density at radius 2 is 1.51 bits per heavy atom. The first-order valence-corrected chi connectivity index (χ1v) is 11.8. The van der Waals surface area contributed by atoms with Gasteiger partial charge in [-0.3, -0.25) is 9.80 Å². The third kappa shape index (κ3) is 11.8. The summed E-state index contributed by atoms with van der Waals surface area (Å²) in [5.41, 5.74) is 0. The molecule has 3 N–H and O–H groups in total. The van der Waals surface area contributed by atoms with E-state index in [1.807, 2.05) is 6.07 Å². The summed E-state index contributed by atoms with van der Waals surface area (Å²) in [6.45, 7) is 6.00. The van der Waals surface area contributed by atoms with Gasteiger partial charge in [0.2, 0.25) is 0 Å². The van der Waals surface area contributed by atoms with Crippen LogP contribution >= 0.6 is 22.9 Å². The fourth-order valence-corrected chi connectivity index (χ4v) is 4.80. The predicted octanol–water partition coefficient (Wildman–Crippen LogP) is 4.34. The first kappa shape index (κ1) is 31.4. The summed E-state index contributed by atoms with van der Waals surface area (Å²) in [7, 11) is 0. The smallest absolute Gasteiger partial charge is 0.475 e. The molecule has 2 fully saturated rings. The molecule has 0 bridgehead atoms. The zero-order valence-electron chi connectivity index (χ0n) is 18.5. The van der Waals surface area contributed by atoms with E-state index in [9.17, 15) is 31.4 Å². The highest BCUT2D eigenvalue weighted by molar-refractivity contribution is 7.10. The molecule has 202 valence electrons. The molecule has 2 aliphatic heterocycles. The molecule has 1 unspecified atom stereocenters. The Morgan fingerprint density at radius 3 is 1.91 bits per heavy atom. The van der Waals surface area contributed by atoms with Crippen molar-refractivity contribution in [1.29, 1.82) is 0 Å². The maximum Gasteiger partial charge on any atom is 0.490 e. The number of alkyl halides is 6. The predicted molar refractivity (Wildman–Crippen MR) is 116 cm³/mol. The number of halogens is 7. The lowest BCUT2D eigenvalue weighted by atomic mass is 9.94. The number of thiophene rings is 1. The highest BCUT2D eigenvalue weighted by Crippen LogP contribution is 2.27. The van der Waals surface area contributed by atoms with Gasteiger partial charge in [-0.1, -0.05) is 11.6 Å². The zero-order valence-corrected chi connectivity index (χ0v) is 20.1. The molecule has 0 aromatic carbocycles. The van der Waals surface area contributed by atoms with E-state index >= 15 is 0 Å². The lowest BCUT2D eigenvalue weighted by molar-refractivity contribution is -0.193. The van der Waals surface area contributed by atoms with Gasteiger partial charge in [-0.05, 0) is 49.6 Å². The van der Waals surface area contributed by atoms with E-state index in [4.69, 9.17) is 31.4 Å². The molecule has 1 aromatic rings. The lowest BCUT2D eigenvalue weighted by Gasteiger charge is -2.42. The Kier molecular flexibility index (Phi) is 12.8. The fourth-order valence-electron chi connectivity index (χ4n) is 3.66. The van der Waals surface area contributed by atoms with Crippen molar-refractivity contribution in [3.63, 3.8) is 0 Å². The molecule has 3 heterocycles. The fraction of sp³-hybridized carbons (Fsp3) is 0.700. The van der Waals surface area contributed by atoms with E-state index in [1.54, 1.807) is 11.3 Å². The first-order valence-electron chi connectivity index (χ1n) is 10.5. The van der Waals surface area contributed by atoms with Crippen molar-refractivity contribution in [1.82, 2.24) is 9.80 Å². The van der Waals surface area contributed by atoms with Gasteiger partial charge < -0.3 is 15.3 Å². The summed E-state index contributed by atoms with van der Waals surface area (Å²) in [4.78, 5) is 24.2. The first-order chi connectivity index (χ1) is 16.1. The minimum atomic E-state index is -5.08. The van der Waals surface area contributed by atoms with Crippen molar-refractivity contribution in [3.05, 3.63) is 21.3 Å². The van der Waals surface area contributed by atoms with Gasteiger partial charge in [-0.15, -0.1) is 11.3 Å². The topological polar surface area (TPSA) is 101 Å². The molecule has 0 amide bonds. The third-order valence-corrected chi connectivity index (χ3v) is 6.80. The van der Waals surface area contributed by atoms with Gasteiger partial charge in [0.1, 0.15) is 0 Å². The van der Waals surface area contributed by atoms with Crippen LogP contribution in [0.2, 0.25) is 5.02 Å². The van der Waals surface area contributed by atoms with E-state index in [2.05, 4.69) is 15.2 Å². The quantitative estimate of drug-likeness (QED) is 0.474. The Hall–Kier alpha value is -1.61. The number of carboxylic acids is 2. The number of carbonyl (C=O) groups is 2. The van der Waals surface area contributed by atoms with Crippen molar-refractivity contribution in [2.24, 2.45) is 5.92 Å². The summed E-state index contributed by atoms with van der Waals surface area (Å²) in [5, 5.41) is 26.6. The SMILES string of the molecule is O=C(O)C(F)(F)F.O=C(O)C(F)(F)F.OCC1CCCN(C2CCN(Cc3sccc3Cl)CC2)C1. The van der Waals surface area contributed by atoms with E-state index in [-0.39, 0.29) is 0 Å². The van der Waals surface area contributed by atoms with Crippen LogP contribution < -0.4 is 0 Å². The minimum Gasteiger partial charge on any atom is -0.475 e. The molecule has 0 radical (unpaired) electrons. The van der Waals surface area contributed by atoms with Crippen LogP contribution in [-0.4, -0.2) is 88.2 Å². The van der Waals surface area contributed by atoms with E-state index in [0.717, 1.165) is 24.2 Å². The average molecular weight is 557 g/mol. The molecule has 35 heavy (non-hydrogen) atoms. The zero-order chi connectivity index (χ0) is 26.8. The number of aliphatic carboxylic acids is 2. The van der Waals surface area contributed by atoms with Gasteiger partial charge in [-0.25, -0.2) is 9.59 Å². The monoisotopic (exact) mass is 556 g/mol. The number of hydrogen-bond donors (Lipinski definition) is 3. The molecular formula is C20H27ClF6N2O5S. The van der Waals surface area contributed by atoms with Crippen LogP contribution in [0.1, 0.15) is 30.6 Å². The molecule has 15 heteroatoms. The van der Waals surface area contributed by atoms with Crippen LogP contribution in [0.25, 0.3) is 0 Å². The van der Waals surface area contributed by atoms with Gasteiger partial charge in [-0.2, -0.15) is 26.3 Å². The number of carboxylic acid groups (broad SMARTS) is 2. The molecule has 1 aromatic heterocycles. The maximum atomic E-state index is 10.6. The maximum absolute atomic E-state index is 10.6. The number of hydrogen-bond acceptors (Lipinski definition) is 6. The van der Waals surface area contributed by atoms with E-state index in [1.165, 1.54) is 50.2 Å². The van der Waals surface area contributed by atoms with E-state index < -0.39 is 24.3 Å². The van der Waals surface area contributed by atoms with Crippen LogP contribution in [0.5, 0.6) is 0 Å². The van der Waals surface area contributed by atoms with Crippen molar-refractivity contribution in [2.75, 3.05) is 32.8 Å². The highest BCUT2D eigenvalue weighted by atomic mass is 35.5. The van der Waals surface area contributed by atoms with Gasteiger partial charge in [0.15, 0.2) is 0 Å².